The fourth-order valence-electron chi connectivity index (χ4n) is 1.97. The van der Waals surface area contributed by atoms with Crippen LogP contribution in [0.5, 0.6) is 0 Å². The highest BCUT2D eigenvalue weighted by molar-refractivity contribution is 5.88. The first-order chi connectivity index (χ1) is 8.67. The van der Waals surface area contributed by atoms with Crippen LogP contribution in [0, 0.1) is 0 Å². The molecule has 0 fully saturated rings. The Hall–Kier alpha value is -1.35. The van der Waals surface area contributed by atoms with E-state index in [0.29, 0.717) is 5.56 Å². The molecule has 1 aromatic rings. The fraction of sp³-hybridized carbons (Fsp3) is 0.533. The van der Waals surface area contributed by atoms with Crippen molar-refractivity contribution >= 4 is 5.97 Å². The summed E-state index contributed by atoms with van der Waals surface area (Å²) in [5, 5.41) is 0. The number of benzene rings is 1. The fourth-order valence-corrected chi connectivity index (χ4v) is 1.97. The van der Waals surface area contributed by atoms with Gasteiger partial charge in [-0.25, -0.2) is 4.79 Å². The van der Waals surface area contributed by atoms with Crippen molar-refractivity contribution in [2.24, 2.45) is 0 Å². The molecule has 0 aromatic heterocycles. The third kappa shape index (κ3) is 3.84. The Kier molecular flexibility index (Phi) is 5.86. The number of rotatable bonds is 7. The maximum absolute atomic E-state index is 11.8. The van der Waals surface area contributed by atoms with E-state index in [1.165, 1.54) is 0 Å². The predicted octanol–water partition coefficient (Wildman–Crippen LogP) is 4.13. The smallest absolute Gasteiger partial charge is 0.292 e. The molecular formula is C15H22O3. The van der Waals surface area contributed by atoms with E-state index in [1.807, 2.05) is 6.07 Å². The zero-order valence-corrected chi connectivity index (χ0v) is 11.4. The summed E-state index contributed by atoms with van der Waals surface area (Å²) in [6, 6.07) is 8.89. The van der Waals surface area contributed by atoms with E-state index >= 15 is 0 Å². The normalized spacial score (nSPS) is 11.3. The molecule has 0 unspecified atom stereocenters. The molecule has 100 valence electrons. The van der Waals surface area contributed by atoms with Crippen molar-refractivity contribution in [3.05, 3.63) is 35.9 Å². The maximum atomic E-state index is 11.8. The standard InChI is InChI=1S/C15H22O3/c1-4-12-15(5-2,6-3)18-17-14(16)13-10-8-7-9-11-13/h7-11H,4-6,12H2,1-3H3. The summed E-state index contributed by atoms with van der Waals surface area (Å²) in [6.45, 7) is 6.20. The van der Waals surface area contributed by atoms with E-state index in [2.05, 4.69) is 20.8 Å². The quantitative estimate of drug-likeness (QED) is 0.539. The molecule has 0 aliphatic heterocycles. The van der Waals surface area contributed by atoms with Gasteiger partial charge in [-0.1, -0.05) is 45.4 Å². The molecule has 0 N–H and O–H groups in total. The van der Waals surface area contributed by atoms with Gasteiger partial charge in [0.25, 0.3) is 0 Å². The average Bonchev–Trinajstić information content (AvgIpc) is 2.44. The molecule has 1 rings (SSSR count). The molecular weight excluding hydrogens is 228 g/mol. The first-order valence-electron chi connectivity index (χ1n) is 6.62. The Morgan fingerprint density at radius 1 is 1.11 bits per heavy atom. The number of hydrogen-bond acceptors (Lipinski definition) is 3. The molecule has 0 saturated carbocycles. The van der Waals surface area contributed by atoms with E-state index < -0.39 is 5.97 Å². The Morgan fingerprint density at radius 3 is 2.22 bits per heavy atom. The van der Waals surface area contributed by atoms with Crippen LogP contribution in [-0.2, 0) is 9.78 Å². The number of carbonyl (C=O) groups is 1. The molecule has 0 amide bonds. The maximum Gasteiger partial charge on any atom is 0.373 e. The molecule has 18 heavy (non-hydrogen) atoms. The Balaban J connectivity index is 2.60. The molecule has 1 aromatic carbocycles. The predicted molar refractivity (Wildman–Crippen MR) is 71.2 cm³/mol. The molecule has 0 spiro atoms. The van der Waals surface area contributed by atoms with Gasteiger partial charge in [-0.05, 0) is 31.4 Å². The molecule has 0 saturated heterocycles. The summed E-state index contributed by atoms with van der Waals surface area (Å²) in [5.74, 6) is -0.432. The topological polar surface area (TPSA) is 35.5 Å². The highest BCUT2D eigenvalue weighted by atomic mass is 17.2. The summed E-state index contributed by atoms with van der Waals surface area (Å²) >= 11 is 0. The van der Waals surface area contributed by atoms with E-state index in [0.717, 1.165) is 25.7 Å². The van der Waals surface area contributed by atoms with Crippen molar-refractivity contribution in [2.75, 3.05) is 0 Å². The SMILES string of the molecule is CCCC(CC)(CC)OOC(=O)c1ccccc1. The average molecular weight is 250 g/mol. The molecule has 0 aliphatic rings. The van der Waals surface area contributed by atoms with Gasteiger partial charge in [0.2, 0.25) is 0 Å². The number of hydrogen-bond donors (Lipinski definition) is 0. The van der Waals surface area contributed by atoms with Gasteiger partial charge in [0.1, 0.15) is 5.60 Å². The third-order valence-corrected chi connectivity index (χ3v) is 3.30. The summed E-state index contributed by atoms with van der Waals surface area (Å²) in [7, 11) is 0. The van der Waals surface area contributed by atoms with E-state index in [1.54, 1.807) is 24.3 Å². The minimum atomic E-state index is -0.432. The molecule has 0 atom stereocenters. The second-order valence-corrected chi connectivity index (χ2v) is 4.46. The monoisotopic (exact) mass is 250 g/mol. The van der Waals surface area contributed by atoms with Gasteiger partial charge in [0.05, 0.1) is 5.56 Å². The van der Waals surface area contributed by atoms with Crippen molar-refractivity contribution in [2.45, 2.75) is 52.1 Å². The summed E-state index contributed by atoms with van der Waals surface area (Å²) in [4.78, 5) is 22.2. The van der Waals surface area contributed by atoms with Crippen LogP contribution < -0.4 is 0 Å². The van der Waals surface area contributed by atoms with Crippen molar-refractivity contribution in [1.82, 2.24) is 0 Å². The first-order valence-corrected chi connectivity index (χ1v) is 6.62. The second kappa shape index (κ2) is 7.17. The van der Waals surface area contributed by atoms with Crippen LogP contribution in [0.3, 0.4) is 0 Å². The van der Waals surface area contributed by atoms with Gasteiger partial charge in [-0.15, -0.1) is 0 Å². The van der Waals surface area contributed by atoms with Crippen molar-refractivity contribution < 1.29 is 14.6 Å². The van der Waals surface area contributed by atoms with Gasteiger partial charge in [-0.2, -0.15) is 4.89 Å². The van der Waals surface area contributed by atoms with E-state index in [4.69, 9.17) is 9.78 Å². The van der Waals surface area contributed by atoms with Crippen molar-refractivity contribution in [3.63, 3.8) is 0 Å². The summed E-state index contributed by atoms with van der Waals surface area (Å²) in [5.41, 5.74) is 0.161. The Morgan fingerprint density at radius 2 is 1.72 bits per heavy atom. The zero-order chi connectivity index (χ0) is 13.4. The molecule has 3 heteroatoms. The molecule has 3 nitrogen and oxygen atoms in total. The van der Waals surface area contributed by atoms with Gasteiger partial charge in [0.15, 0.2) is 0 Å². The van der Waals surface area contributed by atoms with E-state index in [9.17, 15) is 4.79 Å². The summed E-state index contributed by atoms with van der Waals surface area (Å²) < 4.78 is 0. The van der Waals surface area contributed by atoms with Crippen LogP contribution >= 0.6 is 0 Å². The lowest BCUT2D eigenvalue weighted by Gasteiger charge is -2.28. The van der Waals surface area contributed by atoms with Crippen LogP contribution in [0.15, 0.2) is 30.3 Å². The molecule has 0 bridgehead atoms. The van der Waals surface area contributed by atoms with Gasteiger partial charge in [-0.3, -0.25) is 4.89 Å². The highest BCUT2D eigenvalue weighted by Crippen LogP contribution is 2.27. The van der Waals surface area contributed by atoms with Crippen LogP contribution in [0.4, 0.5) is 0 Å². The second-order valence-electron chi connectivity index (χ2n) is 4.46. The third-order valence-electron chi connectivity index (χ3n) is 3.30. The lowest BCUT2D eigenvalue weighted by atomic mass is 9.92. The van der Waals surface area contributed by atoms with Crippen molar-refractivity contribution in [3.8, 4) is 0 Å². The minimum Gasteiger partial charge on any atom is -0.292 e. The van der Waals surface area contributed by atoms with Crippen LogP contribution in [-0.4, -0.2) is 11.6 Å². The molecule has 0 heterocycles. The minimum absolute atomic E-state index is 0.348. The highest BCUT2D eigenvalue weighted by Gasteiger charge is 2.29. The molecule has 0 radical (unpaired) electrons. The zero-order valence-electron chi connectivity index (χ0n) is 11.4. The van der Waals surface area contributed by atoms with Gasteiger partial charge in [0, 0.05) is 0 Å². The van der Waals surface area contributed by atoms with Crippen LogP contribution in [0.2, 0.25) is 0 Å². The van der Waals surface area contributed by atoms with Crippen LogP contribution in [0.25, 0.3) is 0 Å². The van der Waals surface area contributed by atoms with Crippen LogP contribution in [0.1, 0.15) is 56.8 Å². The number of carbonyl (C=O) groups excluding carboxylic acids is 1. The summed E-state index contributed by atoms with van der Waals surface area (Å²) in [6.07, 6.45) is 3.56. The first kappa shape index (κ1) is 14.7. The van der Waals surface area contributed by atoms with Crippen molar-refractivity contribution in [1.29, 1.82) is 0 Å². The Bertz CT molecular complexity index is 355. The van der Waals surface area contributed by atoms with E-state index in [-0.39, 0.29) is 5.60 Å². The lowest BCUT2D eigenvalue weighted by Crippen LogP contribution is -2.32. The Labute approximate surface area is 109 Å². The lowest BCUT2D eigenvalue weighted by molar-refractivity contribution is -0.320. The largest absolute Gasteiger partial charge is 0.373 e. The molecule has 0 aliphatic carbocycles. The van der Waals surface area contributed by atoms with Gasteiger partial charge >= 0.3 is 5.97 Å². The van der Waals surface area contributed by atoms with Gasteiger partial charge < -0.3 is 0 Å².